The van der Waals surface area contributed by atoms with Gasteiger partial charge in [-0.3, -0.25) is 4.79 Å². The summed E-state index contributed by atoms with van der Waals surface area (Å²) < 4.78 is 0. The summed E-state index contributed by atoms with van der Waals surface area (Å²) in [5.41, 5.74) is 3.02. The van der Waals surface area contributed by atoms with Gasteiger partial charge in [0.1, 0.15) is 20.7 Å². The molecular weight excluding hydrogens is 420 g/mol. The Hall–Kier alpha value is -2.29. The molecule has 8 heteroatoms. The Morgan fingerprint density at radius 1 is 1.10 bits per heavy atom. The van der Waals surface area contributed by atoms with E-state index in [4.69, 9.17) is 0 Å². The van der Waals surface area contributed by atoms with Gasteiger partial charge in [0.15, 0.2) is 0 Å². The van der Waals surface area contributed by atoms with Crippen LogP contribution in [0.1, 0.15) is 27.0 Å². The summed E-state index contributed by atoms with van der Waals surface area (Å²) in [6.07, 6.45) is 0.282. The average molecular weight is 441 g/mol. The number of thiophene rings is 1. The van der Waals surface area contributed by atoms with E-state index in [2.05, 4.69) is 34.1 Å². The third-order valence-corrected chi connectivity index (χ3v) is 7.44. The summed E-state index contributed by atoms with van der Waals surface area (Å²) in [6.45, 7) is 6.18. The van der Waals surface area contributed by atoms with Crippen molar-refractivity contribution in [3.63, 3.8) is 0 Å². The van der Waals surface area contributed by atoms with Crippen LogP contribution in [0.4, 0.5) is 5.69 Å². The van der Waals surface area contributed by atoms with E-state index in [0.717, 1.165) is 43.2 Å². The van der Waals surface area contributed by atoms with E-state index in [1.807, 2.05) is 42.6 Å². The van der Waals surface area contributed by atoms with Crippen LogP contribution in [-0.4, -0.2) is 20.9 Å². The number of hydrogen-bond acceptors (Lipinski definition) is 7. The topological polar surface area (TPSA) is 67.8 Å². The molecule has 0 radical (unpaired) electrons. The van der Waals surface area contributed by atoms with Crippen LogP contribution in [0.5, 0.6) is 0 Å². The normalized spacial score (nSPS) is 11.1. The van der Waals surface area contributed by atoms with Crippen molar-refractivity contribution in [3.05, 3.63) is 62.7 Å². The zero-order chi connectivity index (χ0) is 20.4. The molecule has 0 spiro atoms. The number of thioether (sulfide) groups is 1. The predicted octanol–water partition coefficient (Wildman–Crippen LogP) is 5.55. The Morgan fingerprint density at radius 2 is 1.90 bits per heavy atom. The van der Waals surface area contributed by atoms with Crippen molar-refractivity contribution in [2.45, 2.75) is 38.0 Å². The fourth-order valence-electron chi connectivity index (χ4n) is 2.92. The summed E-state index contributed by atoms with van der Waals surface area (Å²) in [7, 11) is 0. The Labute approximate surface area is 181 Å². The molecule has 5 nitrogen and oxygen atoms in total. The zero-order valence-electron chi connectivity index (χ0n) is 16.4. The lowest BCUT2D eigenvalue weighted by molar-refractivity contribution is -0.115. The van der Waals surface area contributed by atoms with Gasteiger partial charge in [0, 0.05) is 27.1 Å². The van der Waals surface area contributed by atoms with Crippen LogP contribution in [0.2, 0.25) is 0 Å². The Balaban J connectivity index is 1.42. The number of thiazole rings is 1. The molecule has 0 unspecified atom stereocenters. The van der Waals surface area contributed by atoms with Crippen LogP contribution in [-0.2, 0) is 17.0 Å². The van der Waals surface area contributed by atoms with Gasteiger partial charge in [0.05, 0.1) is 12.1 Å². The van der Waals surface area contributed by atoms with Crippen molar-refractivity contribution in [2.75, 3.05) is 5.32 Å². The number of carbonyl (C=O) groups excluding carboxylic acids is 1. The standard InChI is InChI=1S/C21H20N4OS3/c1-12-13(2)29-21-19(12)20(22-14(3)23-21)28-11-16-10-27-18(25-16)9-17(26)24-15-7-5-4-6-8-15/h4-8,10H,9,11H2,1-3H3,(H,24,26). The Kier molecular flexibility index (Phi) is 5.94. The molecule has 0 bridgehead atoms. The molecule has 0 saturated carbocycles. The number of nitrogens with zero attached hydrogens (tertiary/aromatic N) is 3. The second kappa shape index (κ2) is 8.61. The molecule has 1 amide bonds. The second-order valence-electron chi connectivity index (χ2n) is 6.65. The number of fused-ring (bicyclic) bond motifs is 1. The number of amides is 1. The van der Waals surface area contributed by atoms with Crippen LogP contribution in [0, 0.1) is 20.8 Å². The highest BCUT2D eigenvalue weighted by Gasteiger charge is 2.15. The van der Waals surface area contributed by atoms with E-state index in [1.165, 1.54) is 21.8 Å². The smallest absolute Gasteiger partial charge is 0.231 e. The molecule has 0 aliphatic carbocycles. The molecule has 3 heterocycles. The van der Waals surface area contributed by atoms with Gasteiger partial charge in [-0.15, -0.1) is 22.7 Å². The van der Waals surface area contributed by atoms with Gasteiger partial charge in [0.2, 0.25) is 5.91 Å². The van der Waals surface area contributed by atoms with Gasteiger partial charge in [-0.25, -0.2) is 15.0 Å². The first kappa shape index (κ1) is 20.0. The quantitative estimate of drug-likeness (QED) is 0.315. The zero-order valence-corrected chi connectivity index (χ0v) is 18.8. The highest BCUT2D eigenvalue weighted by molar-refractivity contribution is 7.98. The molecule has 1 N–H and O–H groups in total. The van der Waals surface area contributed by atoms with Crippen molar-refractivity contribution < 1.29 is 4.79 Å². The molecular formula is C21H20N4OS3. The average Bonchev–Trinajstić information content (AvgIpc) is 3.24. The minimum Gasteiger partial charge on any atom is -0.326 e. The number of aryl methyl sites for hydroxylation is 3. The van der Waals surface area contributed by atoms with Crippen molar-refractivity contribution in [1.29, 1.82) is 0 Å². The first-order valence-corrected chi connectivity index (χ1v) is 11.8. The lowest BCUT2D eigenvalue weighted by Gasteiger charge is -2.04. The lowest BCUT2D eigenvalue weighted by Crippen LogP contribution is -2.14. The number of nitrogens with one attached hydrogen (secondary N) is 1. The Bertz CT molecular complexity index is 1170. The molecule has 3 aromatic heterocycles. The summed E-state index contributed by atoms with van der Waals surface area (Å²) in [4.78, 5) is 28.4. The number of carbonyl (C=O) groups is 1. The number of para-hydroxylation sites is 1. The van der Waals surface area contributed by atoms with E-state index >= 15 is 0 Å². The van der Waals surface area contributed by atoms with E-state index in [-0.39, 0.29) is 12.3 Å². The summed E-state index contributed by atoms with van der Waals surface area (Å²) in [5, 5.41) is 7.90. The number of anilines is 1. The number of rotatable bonds is 6. The highest BCUT2D eigenvalue weighted by Crippen LogP contribution is 2.36. The molecule has 4 aromatic rings. The largest absolute Gasteiger partial charge is 0.326 e. The van der Waals surface area contributed by atoms with Gasteiger partial charge in [0.25, 0.3) is 0 Å². The molecule has 0 aliphatic rings. The number of aromatic nitrogens is 3. The molecule has 4 rings (SSSR count). The van der Waals surface area contributed by atoms with Crippen molar-refractivity contribution >= 4 is 56.2 Å². The maximum absolute atomic E-state index is 12.2. The van der Waals surface area contributed by atoms with Gasteiger partial charge < -0.3 is 5.32 Å². The minimum absolute atomic E-state index is 0.0535. The van der Waals surface area contributed by atoms with E-state index < -0.39 is 0 Å². The van der Waals surface area contributed by atoms with Gasteiger partial charge in [-0.1, -0.05) is 30.0 Å². The monoisotopic (exact) mass is 440 g/mol. The van der Waals surface area contributed by atoms with Crippen LogP contribution in [0.25, 0.3) is 10.2 Å². The molecule has 0 aliphatic heterocycles. The minimum atomic E-state index is -0.0535. The van der Waals surface area contributed by atoms with E-state index in [1.54, 1.807) is 23.1 Å². The van der Waals surface area contributed by atoms with Crippen molar-refractivity contribution in [1.82, 2.24) is 15.0 Å². The first-order chi connectivity index (χ1) is 14.0. The second-order valence-corrected chi connectivity index (χ2v) is 9.76. The molecule has 0 fully saturated rings. The summed E-state index contributed by atoms with van der Waals surface area (Å²) in [6, 6.07) is 9.47. The Morgan fingerprint density at radius 3 is 2.69 bits per heavy atom. The lowest BCUT2D eigenvalue weighted by atomic mass is 10.2. The third-order valence-electron chi connectivity index (χ3n) is 4.43. The van der Waals surface area contributed by atoms with Crippen molar-refractivity contribution in [2.24, 2.45) is 0 Å². The summed E-state index contributed by atoms with van der Waals surface area (Å²) >= 11 is 4.92. The van der Waals surface area contributed by atoms with E-state index in [9.17, 15) is 4.79 Å². The predicted molar refractivity (Wildman–Crippen MR) is 122 cm³/mol. The third kappa shape index (κ3) is 4.66. The maximum Gasteiger partial charge on any atom is 0.231 e. The van der Waals surface area contributed by atoms with Crippen LogP contribution in [0.3, 0.4) is 0 Å². The van der Waals surface area contributed by atoms with Gasteiger partial charge in [-0.05, 0) is 38.5 Å². The molecule has 1 aromatic carbocycles. The SMILES string of the molecule is Cc1nc(SCc2csc(CC(=O)Nc3ccccc3)n2)c2c(C)c(C)sc2n1. The summed E-state index contributed by atoms with van der Waals surface area (Å²) in [5.74, 6) is 1.46. The fourth-order valence-corrected chi connectivity index (χ4v) is 5.98. The van der Waals surface area contributed by atoms with Crippen LogP contribution < -0.4 is 5.32 Å². The van der Waals surface area contributed by atoms with Crippen LogP contribution in [0.15, 0.2) is 40.7 Å². The molecule has 0 atom stereocenters. The fraction of sp³-hybridized carbons (Fsp3) is 0.238. The number of hydrogen-bond donors (Lipinski definition) is 1. The maximum atomic E-state index is 12.2. The van der Waals surface area contributed by atoms with Crippen molar-refractivity contribution in [3.8, 4) is 0 Å². The van der Waals surface area contributed by atoms with E-state index in [0.29, 0.717) is 0 Å². The highest BCUT2D eigenvalue weighted by atomic mass is 32.2. The molecule has 148 valence electrons. The molecule has 0 saturated heterocycles. The van der Waals surface area contributed by atoms with Gasteiger partial charge >= 0.3 is 0 Å². The van der Waals surface area contributed by atoms with Crippen LogP contribution >= 0.6 is 34.4 Å². The number of benzene rings is 1. The molecule has 29 heavy (non-hydrogen) atoms. The van der Waals surface area contributed by atoms with Gasteiger partial charge in [-0.2, -0.15) is 0 Å². The first-order valence-electron chi connectivity index (χ1n) is 9.15.